The molecule has 1 aromatic carbocycles. The van der Waals surface area contributed by atoms with Crippen molar-refractivity contribution in [3.63, 3.8) is 0 Å². The van der Waals surface area contributed by atoms with E-state index in [-0.39, 0.29) is 0 Å². The van der Waals surface area contributed by atoms with E-state index in [9.17, 15) is 0 Å². The molecule has 2 aliphatic rings. The molecule has 1 aromatic rings. The Morgan fingerprint density at radius 3 is 2.44 bits per heavy atom. The molecular weight excluding hydrogens is 310 g/mol. The Balaban J connectivity index is 1.86. The van der Waals surface area contributed by atoms with E-state index in [1.807, 2.05) is 0 Å². The molecule has 140 valence electrons. The summed E-state index contributed by atoms with van der Waals surface area (Å²) in [6.45, 7) is 15.4. The predicted molar refractivity (Wildman–Crippen MR) is 104 cm³/mol. The number of rotatable bonds is 6. The van der Waals surface area contributed by atoms with E-state index >= 15 is 0 Å². The highest BCUT2D eigenvalue weighted by Gasteiger charge is 2.27. The fourth-order valence-electron chi connectivity index (χ4n) is 4.35. The van der Waals surface area contributed by atoms with Crippen LogP contribution >= 0.6 is 0 Å². The average molecular weight is 346 g/mol. The van der Waals surface area contributed by atoms with Crippen LogP contribution in [0, 0.1) is 0 Å². The lowest BCUT2D eigenvalue weighted by Crippen LogP contribution is -2.44. The van der Waals surface area contributed by atoms with Crippen molar-refractivity contribution in [2.75, 3.05) is 52.9 Å². The van der Waals surface area contributed by atoms with Crippen LogP contribution < -0.4 is 4.74 Å². The number of piperazine rings is 1. The Morgan fingerprint density at radius 1 is 1.04 bits per heavy atom. The fourth-order valence-corrected chi connectivity index (χ4v) is 4.35. The van der Waals surface area contributed by atoms with Gasteiger partial charge in [-0.25, -0.2) is 0 Å². The van der Waals surface area contributed by atoms with Crippen molar-refractivity contribution in [1.29, 1.82) is 0 Å². The smallest absolute Gasteiger partial charge is 0.124 e. The SMILES string of the molecule is CCOc1cc2c(cc1CN1CCN(C)CC1)CCN(CC)C2CC. The molecule has 4 nitrogen and oxygen atoms in total. The lowest BCUT2D eigenvalue weighted by Gasteiger charge is -2.37. The third-order valence-electron chi connectivity index (χ3n) is 5.87. The third-order valence-corrected chi connectivity index (χ3v) is 5.87. The van der Waals surface area contributed by atoms with E-state index in [2.05, 4.69) is 54.7 Å². The fraction of sp³-hybridized carbons (Fsp3) is 0.714. The highest BCUT2D eigenvalue weighted by atomic mass is 16.5. The molecule has 1 fully saturated rings. The summed E-state index contributed by atoms with van der Waals surface area (Å²) in [6.07, 6.45) is 2.34. The Kier molecular flexibility index (Phi) is 6.37. The van der Waals surface area contributed by atoms with Crippen molar-refractivity contribution in [1.82, 2.24) is 14.7 Å². The monoisotopic (exact) mass is 345 g/mol. The molecule has 0 amide bonds. The van der Waals surface area contributed by atoms with Crippen molar-refractivity contribution in [2.45, 2.75) is 46.2 Å². The molecule has 0 bridgehead atoms. The standard InChI is InChI=1S/C21H35N3O/c1-5-20-19-15-21(25-7-3)18(14-17(19)8-9-24(20)6-2)16-23-12-10-22(4)11-13-23/h14-15,20H,5-13,16H2,1-4H3. The summed E-state index contributed by atoms with van der Waals surface area (Å²) in [7, 11) is 2.21. The minimum atomic E-state index is 0.547. The van der Waals surface area contributed by atoms with Crippen LogP contribution in [0.5, 0.6) is 5.75 Å². The Morgan fingerprint density at radius 2 is 1.80 bits per heavy atom. The van der Waals surface area contributed by atoms with E-state index in [4.69, 9.17) is 4.74 Å². The van der Waals surface area contributed by atoms with Gasteiger partial charge in [-0.1, -0.05) is 19.9 Å². The Labute approximate surface area is 153 Å². The van der Waals surface area contributed by atoms with Crippen LogP contribution in [0.2, 0.25) is 0 Å². The van der Waals surface area contributed by atoms with Crippen LogP contribution in [0.1, 0.15) is 49.9 Å². The van der Waals surface area contributed by atoms with Gasteiger partial charge in [0.05, 0.1) is 6.61 Å². The first kappa shape index (κ1) is 18.7. The summed E-state index contributed by atoms with van der Waals surface area (Å²) in [6, 6.07) is 5.36. The Bertz CT molecular complexity index is 567. The summed E-state index contributed by atoms with van der Waals surface area (Å²) >= 11 is 0. The van der Waals surface area contributed by atoms with E-state index in [1.165, 1.54) is 30.5 Å². The van der Waals surface area contributed by atoms with Crippen LogP contribution in [0.15, 0.2) is 12.1 Å². The molecule has 25 heavy (non-hydrogen) atoms. The van der Waals surface area contributed by atoms with Crippen LogP contribution in [0.4, 0.5) is 0 Å². The second-order valence-corrected chi connectivity index (χ2v) is 7.47. The molecule has 0 spiro atoms. The number of hydrogen-bond acceptors (Lipinski definition) is 4. The van der Waals surface area contributed by atoms with Gasteiger partial charge in [0, 0.05) is 50.9 Å². The molecule has 0 aliphatic carbocycles. The topological polar surface area (TPSA) is 19.0 Å². The number of ether oxygens (including phenoxy) is 1. The van der Waals surface area contributed by atoms with Crippen molar-refractivity contribution in [3.05, 3.63) is 28.8 Å². The average Bonchev–Trinajstić information content (AvgIpc) is 2.63. The van der Waals surface area contributed by atoms with E-state index in [1.54, 1.807) is 5.56 Å². The number of benzene rings is 1. The highest BCUT2D eigenvalue weighted by Crippen LogP contribution is 2.36. The van der Waals surface area contributed by atoms with Gasteiger partial charge in [0.1, 0.15) is 5.75 Å². The van der Waals surface area contributed by atoms with Gasteiger partial charge in [-0.05, 0) is 50.6 Å². The third kappa shape index (κ3) is 4.18. The van der Waals surface area contributed by atoms with Crippen LogP contribution in [0.3, 0.4) is 0 Å². The first-order valence-corrected chi connectivity index (χ1v) is 10.1. The minimum absolute atomic E-state index is 0.547. The zero-order valence-electron chi connectivity index (χ0n) is 16.6. The van der Waals surface area contributed by atoms with Crippen molar-refractivity contribution >= 4 is 0 Å². The molecule has 1 atom stereocenters. The van der Waals surface area contributed by atoms with E-state index in [0.29, 0.717) is 6.04 Å². The lowest BCUT2D eigenvalue weighted by atomic mass is 9.89. The molecule has 1 saturated heterocycles. The quantitative estimate of drug-likeness (QED) is 0.788. The first-order valence-electron chi connectivity index (χ1n) is 10.1. The van der Waals surface area contributed by atoms with Gasteiger partial charge in [0.25, 0.3) is 0 Å². The molecular formula is C21H35N3O. The van der Waals surface area contributed by atoms with Gasteiger partial charge < -0.3 is 9.64 Å². The molecule has 4 heteroatoms. The molecule has 2 heterocycles. The number of hydrogen-bond donors (Lipinski definition) is 0. The number of nitrogens with zero attached hydrogens (tertiary/aromatic N) is 3. The molecule has 0 aromatic heterocycles. The van der Waals surface area contributed by atoms with Crippen molar-refractivity contribution in [2.24, 2.45) is 0 Å². The largest absolute Gasteiger partial charge is 0.494 e. The molecule has 0 saturated carbocycles. The maximum Gasteiger partial charge on any atom is 0.124 e. The zero-order chi connectivity index (χ0) is 17.8. The summed E-state index contributed by atoms with van der Waals surface area (Å²) in [5.74, 6) is 1.11. The maximum atomic E-state index is 6.07. The van der Waals surface area contributed by atoms with Gasteiger partial charge in [0.2, 0.25) is 0 Å². The minimum Gasteiger partial charge on any atom is -0.494 e. The molecule has 3 rings (SSSR count). The van der Waals surface area contributed by atoms with Gasteiger partial charge >= 0.3 is 0 Å². The lowest BCUT2D eigenvalue weighted by molar-refractivity contribution is 0.146. The Hall–Kier alpha value is -1.10. The van der Waals surface area contributed by atoms with Crippen LogP contribution in [-0.4, -0.2) is 67.6 Å². The molecule has 2 aliphatic heterocycles. The summed E-state index contributed by atoms with van der Waals surface area (Å²) in [5, 5.41) is 0. The summed E-state index contributed by atoms with van der Waals surface area (Å²) in [5.41, 5.74) is 4.43. The number of fused-ring (bicyclic) bond motifs is 1. The highest BCUT2D eigenvalue weighted by molar-refractivity contribution is 5.45. The van der Waals surface area contributed by atoms with Crippen LogP contribution in [0.25, 0.3) is 0 Å². The second kappa shape index (κ2) is 8.52. The van der Waals surface area contributed by atoms with Gasteiger partial charge in [-0.3, -0.25) is 9.80 Å². The van der Waals surface area contributed by atoms with E-state index < -0.39 is 0 Å². The second-order valence-electron chi connectivity index (χ2n) is 7.47. The van der Waals surface area contributed by atoms with Crippen molar-refractivity contribution < 1.29 is 4.74 Å². The molecule has 1 unspecified atom stereocenters. The first-order chi connectivity index (χ1) is 12.2. The van der Waals surface area contributed by atoms with Gasteiger partial charge in [-0.15, -0.1) is 0 Å². The van der Waals surface area contributed by atoms with Gasteiger partial charge in [0.15, 0.2) is 0 Å². The summed E-state index contributed by atoms with van der Waals surface area (Å²) in [4.78, 5) is 7.60. The predicted octanol–water partition coefficient (Wildman–Crippen LogP) is 3.16. The summed E-state index contributed by atoms with van der Waals surface area (Å²) < 4.78 is 6.07. The molecule has 0 N–H and O–H groups in total. The number of likely N-dealkylation sites (N-methyl/N-ethyl adjacent to an activating group) is 2. The maximum absolute atomic E-state index is 6.07. The van der Waals surface area contributed by atoms with E-state index in [0.717, 1.165) is 51.6 Å². The molecule has 0 radical (unpaired) electrons. The normalized spacial score (nSPS) is 22.8. The van der Waals surface area contributed by atoms with Crippen LogP contribution in [-0.2, 0) is 13.0 Å². The van der Waals surface area contributed by atoms with Crippen molar-refractivity contribution in [3.8, 4) is 5.75 Å². The zero-order valence-corrected chi connectivity index (χ0v) is 16.6. The van der Waals surface area contributed by atoms with Gasteiger partial charge in [-0.2, -0.15) is 0 Å².